The highest BCUT2D eigenvalue weighted by molar-refractivity contribution is 5.88. The van der Waals surface area contributed by atoms with E-state index in [-0.39, 0.29) is 28.5 Å². The molecule has 1 unspecified atom stereocenters. The van der Waals surface area contributed by atoms with Crippen LogP contribution in [0.5, 0.6) is 0 Å². The first-order valence-corrected chi connectivity index (χ1v) is 6.16. The maximum absolute atomic E-state index is 11.1. The van der Waals surface area contributed by atoms with Crippen LogP contribution in [0.4, 0.5) is 11.5 Å². The first-order chi connectivity index (χ1) is 9.05. The summed E-state index contributed by atoms with van der Waals surface area (Å²) < 4.78 is 0. The summed E-state index contributed by atoms with van der Waals surface area (Å²) in [5.74, 6) is -1.07. The van der Waals surface area contributed by atoms with Gasteiger partial charge in [-0.1, -0.05) is 20.8 Å². The van der Waals surface area contributed by atoms with Crippen molar-refractivity contribution < 1.29 is 14.8 Å². The molecule has 0 aliphatic rings. The molecule has 0 amide bonds. The van der Waals surface area contributed by atoms with Gasteiger partial charge in [0.2, 0.25) is 5.82 Å². The number of aromatic nitrogens is 1. The molecule has 1 N–H and O–H groups in total. The van der Waals surface area contributed by atoms with Crippen LogP contribution in [0.1, 0.15) is 38.1 Å². The Balaban J connectivity index is 3.31. The highest BCUT2D eigenvalue weighted by Crippen LogP contribution is 2.32. The number of nitro groups is 1. The number of anilines is 1. The number of carbonyl (C=O) groups is 1. The minimum absolute atomic E-state index is 0.00984. The largest absolute Gasteiger partial charge is 0.478 e. The Morgan fingerprint density at radius 2 is 2.05 bits per heavy atom. The van der Waals surface area contributed by atoms with E-state index in [9.17, 15) is 14.9 Å². The Kier molecular flexibility index (Phi) is 4.32. The Hall–Kier alpha value is -2.18. The Labute approximate surface area is 117 Å². The summed E-state index contributed by atoms with van der Waals surface area (Å²) in [5.41, 5.74) is -0.601. The van der Waals surface area contributed by atoms with Gasteiger partial charge in [-0.05, 0) is 12.3 Å². The SMILES string of the molecule is CC(N(C)c1ncc(C(=O)O)cc1[N+](=O)[O-])C(C)(C)C. The molecule has 0 aliphatic heterocycles. The lowest BCUT2D eigenvalue weighted by Gasteiger charge is -2.35. The Bertz CT molecular complexity index is 537. The average molecular weight is 281 g/mol. The zero-order valence-electron chi connectivity index (χ0n) is 12.2. The van der Waals surface area contributed by atoms with Gasteiger partial charge in [-0.2, -0.15) is 0 Å². The monoisotopic (exact) mass is 281 g/mol. The van der Waals surface area contributed by atoms with E-state index in [1.807, 2.05) is 27.7 Å². The van der Waals surface area contributed by atoms with Crippen LogP contribution in [0, 0.1) is 15.5 Å². The van der Waals surface area contributed by atoms with Gasteiger partial charge in [0.15, 0.2) is 0 Å². The number of carboxylic acids is 1. The molecular formula is C13H19N3O4. The molecule has 20 heavy (non-hydrogen) atoms. The third-order valence-corrected chi connectivity index (χ3v) is 3.46. The lowest BCUT2D eigenvalue weighted by atomic mass is 9.87. The highest BCUT2D eigenvalue weighted by Gasteiger charge is 2.29. The van der Waals surface area contributed by atoms with Crippen LogP contribution in [0.25, 0.3) is 0 Å². The van der Waals surface area contributed by atoms with Crippen molar-refractivity contribution in [1.82, 2.24) is 4.98 Å². The van der Waals surface area contributed by atoms with Gasteiger partial charge in [-0.3, -0.25) is 10.1 Å². The number of rotatable bonds is 4. The zero-order chi connectivity index (χ0) is 15.7. The topological polar surface area (TPSA) is 96.6 Å². The smallest absolute Gasteiger partial charge is 0.337 e. The summed E-state index contributed by atoms with van der Waals surface area (Å²) in [6.07, 6.45) is 1.14. The van der Waals surface area contributed by atoms with Crippen LogP contribution in [0.2, 0.25) is 0 Å². The predicted molar refractivity (Wildman–Crippen MR) is 75.2 cm³/mol. The molecule has 0 bridgehead atoms. The standard InChI is InChI=1S/C13H19N3O4/c1-8(13(2,3)4)15(5)11-10(16(19)20)6-9(7-14-11)12(17)18/h6-8H,1-5H3,(H,17,18). The van der Waals surface area contributed by atoms with Gasteiger partial charge >= 0.3 is 11.7 Å². The van der Waals surface area contributed by atoms with Crippen LogP contribution in [0.3, 0.4) is 0 Å². The number of hydrogen-bond acceptors (Lipinski definition) is 5. The van der Waals surface area contributed by atoms with Crippen molar-refractivity contribution in [2.45, 2.75) is 33.7 Å². The molecule has 0 aliphatic carbocycles. The molecule has 1 rings (SSSR count). The molecule has 0 spiro atoms. The summed E-state index contributed by atoms with van der Waals surface area (Å²) in [7, 11) is 1.71. The number of carboxylic acid groups (broad SMARTS) is 1. The zero-order valence-corrected chi connectivity index (χ0v) is 12.2. The second-order valence-electron chi connectivity index (χ2n) is 5.78. The van der Waals surface area contributed by atoms with Gasteiger partial charge in [0, 0.05) is 25.4 Å². The summed E-state index contributed by atoms with van der Waals surface area (Å²) in [5, 5.41) is 20.0. The van der Waals surface area contributed by atoms with E-state index in [4.69, 9.17) is 5.11 Å². The third-order valence-electron chi connectivity index (χ3n) is 3.46. The predicted octanol–water partition coefficient (Wildman–Crippen LogP) is 2.56. The van der Waals surface area contributed by atoms with Gasteiger partial charge < -0.3 is 10.0 Å². The maximum atomic E-state index is 11.1. The molecule has 0 aromatic carbocycles. The number of pyridine rings is 1. The number of nitrogens with zero attached hydrogens (tertiary/aromatic N) is 3. The van der Waals surface area contributed by atoms with E-state index in [1.54, 1.807) is 11.9 Å². The average Bonchev–Trinajstić information content (AvgIpc) is 2.34. The molecule has 0 saturated carbocycles. The molecule has 0 radical (unpaired) electrons. The van der Waals surface area contributed by atoms with E-state index in [2.05, 4.69) is 4.98 Å². The van der Waals surface area contributed by atoms with Gasteiger partial charge in [-0.25, -0.2) is 9.78 Å². The lowest BCUT2D eigenvalue weighted by Crippen LogP contribution is -2.40. The molecule has 7 nitrogen and oxygen atoms in total. The van der Waals surface area contributed by atoms with E-state index in [1.165, 1.54) is 0 Å². The van der Waals surface area contributed by atoms with Gasteiger partial charge in [0.1, 0.15) is 0 Å². The van der Waals surface area contributed by atoms with Crippen molar-refractivity contribution in [3.8, 4) is 0 Å². The second kappa shape index (κ2) is 5.44. The van der Waals surface area contributed by atoms with E-state index in [0.29, 0.717) is 0 Å². The first-order valence-electron chi connectivity index (χ1n) is 6.16. The van der Waals surface area contributed by atoms with Crippen molar-refractivity contribution >= 4 is 17.5 Å². The van der Waals surface area contributed by atoms with Crippen LogP contribution in [-0.2, 0) is 0 Å². The minimum Gasteiger partial charge on any atom is -0.478 e. The van der Waals surface area contributed by atoms with Crippen molar-refractivity contribution in [2.24, 2.45) is 5.41 Å². The summed E-state index contributed by atoms with van der Waals surface area (Å²) in [4.78, 5) is 27.0. The second-order valence-corrected chi connectivity index (χ2v) is 5.78. The maximum Gasteiger partial charge on any atom is 0.337 e. The summed E-state index contributed by atoms with van der Waals surface area (Å²) in [6, 6.07) is 1.03. The molecule has 0 saturated heterocycles. The molecular weight excluding hydrogens is 262 g/mol. The van der Waals surface area contributed by atoms with Crippen LogP contribution in [0.15, 0.2) is 12.3 Å². The quantitative estimate of drug-likeness (QED) is 0.673. The summed E-state index contributed by atoms with van der Waals surface area (Å²) >= 11 is 0. The fraction of sp³-hybridized carbons (Fsp3) is 0.538. The fourth-order valence-electron chi connectivity index (χ4n) is 1.73. The molecule has 1 atom stereocenters. The first kappa shape index (κ1) is 15.9. The molecule has 1 aromatic heterocycles. The summed E-state index contributed by atoms with van der Waals surface area (Å²) in [6.45, 7) is 8.00. The van der Waals surface area contributed by atoms with Gasteiger partial charge in [-0.15, -0.1) is 0 Å². The van der Waals surface area contributed by atoms with E-state index >= 15 is 0 Å². The molecule has 0 fully saturated rings. The number of hydrogen-bond donors (Lipinski definition) is 1. The third kappa shape index (κ3) is 3.23. The Morgan fingerprint density at radius 1 is 1.50 bits per heavy atom. The number of aromatic carboxylic acids is 1. The van der Waals surface area contributed by atoms with E-state index < -0.39 is 10.9 Å². The van der Waals surface area contributed by atoms with Gasteiger partial charge in [0.05, 0.1) is 10.5 Å². The van der Waals surface area contributed by atoms with Crippen LogP contribution >= 0.6 is 0 Å². The minimum atomic E-state index is -1.24. The molecule has 110 valence electrons. The normalized spacial score (nSPS) is 12.8. The van der Waals surface area contributed by atoms with Crippen molar-refractivity contribution in [3.63, 3.8) is 0 Å². The van der Waals surface area contributed by atoms with Crippen LogP contribution in [-0.4, -0.2) is 34.1 Å². The molecule has 7 heteroatoms. The molecule has 1 heterocycles. The highest BCUT2D eigenvalue weighted by atomic mass is 16.6. The van der Waals surface area contributed by atoms with E-state index in [0.717, 1.165) is 12.3 Å². The van der Waals surface area contributed by atoms with Crippen molar-refractivity contribution in [2.75, 3.05) is 11.9 Å². The fourth-order valence-corrected chi connectivity index (χ4v) is 1.73. The lowest BCUT2D eigenvalue weighted by molar-refractivity contribution is -0.384. The van der Waals surface area contributed by atoms with Crippen LogP contribution < -0.4 is 4.90 Å². The van der Waals surface area contributed by atoms with Crippen molar-refractivity contribution in [1.29, 1.82) is 0 Å². The van der Waals surface area contributed by atoms with Gasteiger partial charge in [0.25, 0.3) is 0 Å². The molecule has 1 aromatic rings. The van der Waals surface area contributed by atoms with Crippen molar-refractivity contribution in [3.05, 3.63) is 27.9 Å². The Morgan fingerprint density at radius 3 is 2.45 bits per heavy atom.